The maximum atomic E-state index is 13.4. The van der Waals surface area contributed by atoms with E-state index in [1.54, 1.807) is 17.2 Å². The van der Waals surface area contributed by atoms with Crippen LogP contribution in [0.5, 0.6) is 11.5 Å². The van der Waals surface area contributed by atoms with Gasteiger partial charge in [-0.25, -0.2) is 9.50 Å². The van der Waals surface area contributed by atoms with Gasteiger partial charge in [-0.15, -0.1) is 0 Å². The number of ether oxygens (including phenoxy) is 2. The Labute approximate surface area is 279 Å². The van der Waals surface area contributed by atoms with Crippen molar-refractivity contribution in [3.63, 3.8) is 0 Å². The van der Waals surface area contributed by atoms with Crippen LogP contribution < -0.4 is 14.8 Å². The molecule has 1 saturated heterocycles. The van der Waals surface area contributed by atoms with Gasteiger partial charge in [0, 0.05) is 54.9 Å². The number of aromatic nitrogens is 5. The number of hydrogen-bond donors (Lipinski definition) is 1. The quantitative estimate of drug-likeness (QED) is 0.194. The van der Waals surface area contributed by atoms with Crippen molar-refractivity contribution in [3.8, 4) is 22.8 Å². The molecule has 48 heavy (non-hydrogen) atoms. The van der Waals surface area contributed by atoms with Crippen LogP contribution in [0.3, 0.4) is 0 Å². The smallest absolute Gasteiger partial charge is 0.387 e. The van der Waals surface area contributed by atoms with Gasteiger partial charge >= 0.3 is 6.61 Å². The number of fused-ring (bicyclic) bond motifs is 1. The van der Waals surface area contributed by atoms with Crippen LogP contribution in [0.1, 0.15) is 23.2 Å². The summed E-state index contributed by atoms with van der Waals surface area (Å²) in [6.45, 7) is -0.816. The van der Waals surface area contributed by atoms with Crippen LogP contribution in [-0.4, -0.2) is 91.9 Å². The predicted octanol–water partition coefficient (Wildman–Crippen LogP) is 5.10. The summed E-state index contributed by atoms with van der Waals surface area (Å²) in [6.07, 6.45) is 7.62. The molecule has 0 unspecified atom stereocenters. The zero-order chi connectivity index (χ0) is 33.6. The number of piperidine rings is 1. The van der Waals surface area contributed by atoms with Crippen molar-refractivity contribution >= 4 is 34.7 Å². The van der Waals surface area contributed by atoms with Gasteiger partial charge in [-0.05, 0) is 56.3 Å². The molecule has 4 heterocycles. The van der Waals surface area contributed by atoms with Gasteiger partial charge in [-0.3, -0.25) is 19.2 Å². The molecule has 0 bridgehead atoms. The van der Waals surface area contributed by atoms with Gasteiger partial charge in [0.2, 0.25) is 5.91 Å². The van der Waals surface area contributed by atoms with Crippen molar-refractivity contribution in [2.75, 3.05) is 38.6 Å². The van der Waals surface area contributed by atoms with E-state index in [0.717, 1.165) is 25.1 Å². The summed E-state index contributed by atoms with van der Waals surface area (Å²) < 4.78 is 40.0. The minimum absolute atomic E-state index is 0.0942. The highest BCUT2D eigenvalue weighted by Gasteiger charge is 2.27. The number of rotatable bonds is 12. The van der Waals surface area contributed by atoms with Crippen LogP contribution in [0, 0.1) is 0 Å². The van der Waals surface area contributed by atoms with Crippen molar-refractivity contribution in [1.82, 2.24) is 34.2 Å². The van der Waals surface area contributed by atoms with E-state index in [2.05, 4.69) is 32.4 Å². The van der Waals surface area contributed by atoms with Crippen LogP contribution in [0.4, 0.5) is 14.5 Å². The average Bonchev–Trinajstić information content (AvgIpc) is 3.70. The second-order valence-corrected chi connectivity index (χ2v) is 11.7. The average molecular weight is 679 g/mol. The fraction of sp³-hybridized carbons (Fsp3) is 0.303. The molecule has 1 aliphatic rings. The topological polar surface area (TPSA) is 119 Å². The van der Waals surface area contributed by atoms with Crippen LogP contribution in [-0.2, 0) is 11.3 Å². The number of halogens is 3. The minimum Gasteiger partial charge on any atom is -0.492 e. The zero-order valence-electron chi connectivity index (χ0n) is 26.0. The van der Waals surface area contributed by atoms with Gasteiger partial charge in [0.15, 0.2) is 5.65 Å². The molecule has 1 N–H and O–H groups in total. The van der Waals surface area contributed by atoms with Gasteiger partial charge in [0.05, 0.1) is 11.9 Å². The van der Waals surface area contributed by atoms with Crippen LogP contribution in [0.25, 0.3) is 16.9 Å². The molecule has 0 radical (unpaired) electrons. The molecule has 2 amide bonds. The molecule has 3 aromatic heterocycles. The Morgan fingerprint density at radius 1 is 1.12 bits per heavy atom. The van der Waals surface area contributed by atoms with Crippen molar-refractivity contribution in [2.24, 2.45) is 0 Å². The maximum absolute atomic E-state index is 13.4. The second-order valence-electron chi connectivity index (χ2n) is 11.3. The van der Waals surface area contributed by atoms with Crippen LogP contribution >= 0.6 is 11.6 Å². The Hall–Kier alpha value is -5.08. The van der Waals surface area contributed by atoms with Crippen molar-refractivity contribution in [1.29, 1.82) is 0 Å². The first-order valence-corrected chi connectivity index (χ1v) is 15.7. The molecule has 5 aromatic rings. The molecule has 1 aliphatic heterocycles. The SMILES string of the molecule is CN(CCOc1ccccc1)C1CCN(C(=O)Cn2cc(NC(=O)c3cnn4cccnc34)c(-c3cc(Cl)ccc3OC(F)F)n2)CC1. The monoisotopic (exact) mass is 678 g/mol. The van der Waals surface area contributed by atoms with Crippen molar-refractivity contribution < 1.29 is 27.8 Å². The Morgan fingerprint density at radius 3 is 2.69 bits per heavy atom. The number of nitrogens with one attached hydrogen (secondary N) is 1. The van der Waals surface area contributed by atoms with E-state index in [1.807, 2.05) is 30.3 Å². The maximum Gasteiger partial charge on any atom is 0.387 e. The lowest BCUT2D eigenvalue weighted by Crippen LogP contribution is -2.47. The van der Waals surface area contributed by atoms with Crippen molar-refractivity contribution in [2.45, 2.75) is 32.0 Å². The minimum atomic E-state index is -3.12. The molecular weight excluding hydrogens is 646 g/mol. The van der Waals surface area contributed by atoms with E-state index in [9.17, 15) is 18.4 Å². The Balaban J connectivity index is 1.16. The first-order valence-electron chi connectivity index (χ1n) is 15.3. The third-order valence-corrected chi connectivity index (χ3v) is 8.38. The van der Waals surface area contributed by atoms with E-state index >= 15 is 0 Å². The highest BCUT2D eigenvalue weighted by molar-refractivity contribution is 6.31. The first kappa shape index (κ1) is 32.8. The molecule has 0 saturated carbocycles. The number of alkyl halides is 2. The third-order valence-electron chi connectivity index (χ3n) is 8.14. The summed E-state index contributed by atoms with van der Waals surface area (Å²) in [7, 11) is 2.06. The molecule has 1 fully saturated rings. The zero-order valence-corrected chi connectivity index (χ0v) is 26.8. The normalized spacial score (nSPS) is 13.8. The highest BCUT2D eigenvalue weighted by atomic mass is 35.5. The second kappa shape index (κ2) is 14.8. The number of likely N-dealkylation sites (N-methyl/N-ethyl adjacent to an activating group) is 1. The number of likely N-dealkylation sites (tertiary alicyclic amines) is 1. The number of carbonyl (C=O) groups excluding carboxylic acids is 2. The lowest BCUT2D eigenvalue weighted by molar-refractivity contribution is -0.133. The molecule has 0 spiro atoms. The van der Waals surface area contributed by atoms with Crippen LogP contribution in [0.2, 0.25) is 5.02 Å². The molecule has 6 rings (SSSR count). The van der Waals surface area contributed by atoms with Gasteiger partial charge in [0.1, 0.15) is 35.9 Å². The van der Waals surface area contributed by atoms with E-state index in [-0.39, 0.29) is 45.7 Å². The molecule has 0 aliphatic carbocycles. The van der Waals surface area contributed by atoms with E-state index in [1.165, 1.54) is 46.0 Å². The number of anilines is 1. The van der Waals surface area contributed by atoms with Gasteiger partial charge in [-0.2, -0.15) is 19.0 Å². The summed E-state index contributed by atoms with van der Waals surface area (Å²) in [6, 6.07) is 15.7. The Bertz CT molecular complexity index is 1880. The fourth-order valence-corrected chi connectivity index (χ4v) is 5.83. The number of para-hydroxylation sites is 1. The molecule has 0 atom stereocenters. The van der Waals surface area contributed by atoms with E-state index < -0.39 is 12.5 Å². The standard InChI is InChI=1S/C33H33ClF2N8O4/c1-41(16-17-47-24-6-3-2-4-7-24)23-10-14-42(15-11-23)29(45)21-43-20-27(39-32(46)26-19-38-44-13-5-12-37-31(26)44)30(40-43)25-18-22(34)8-9-28(25)48-33(35)36/h2-9,12-13,18-20,23,33H,10-11,14-17,21H2,1H3,(H,39,46). The number of nitrogens with zero attached hydrogens (tertiary/aromatic N) is 7. The summed E-state index contributed by atoms with van der Waals surface area (Å²) in [5.74, 6) is -0.0946. The van der Waals surface area contributed by atoms with Gasteiger partial charge in [0.25, 0.3) is 5.91 Å². The summed E-state index contributed by atoms with van der Waals surface area (Å²) in [5, 5.41) is 11.7. The van der Waals surface area contributed by atoms with Crippen LogP contribution in [0.15, 0.2) is 79.4 Å². The largest absolute Gasteiger partial charge is 0.492 e. The number of benzene rings is 2. The predicted molar refractivity (Wildman–Crippen MR) is 174 cm³/mol. The van der Waals surface area contributed by atoms with E-state index in [0.29, 0.717) is 31.4 Å². The highest BCUT2D eigenvalue weighted by Crippen LogP contribution is 2.37. The first-order chi connectivity index (χ1) is 23.2. The molecule has 250 valence electrons. The summed E-state index contributed by atoms with van der Waals surface area (Å²) in [4.78, 5) is 35.1. The Morgan fingerprint density at radius 2 is 1.92 bits per heavy atom. The number of hydrogen-bond acceptors (Lipinski definition) is 8. The lowest BCUT2D eigenvalue weighted by Gasteiger charge is -2.36. The molecule has 15 heteroatoms. The third kappa shape index (κ3) is 7.72. The molecular formula is C33H33ClF2N8O4. The number of amides is 2. The van der Waals surface area contributed by atoms with E-state index in [4.69, 9.17) is 21.1 Å². The number of carbonyl (C=O) groups is 2. The summed E-state index contributed by atoms with van der Waals surface area (Å²) >= 11 is 6.24. The molecule has 2 aromatic carbocycles. The van der Waals surface area contributed by atoms with Gasteiger partial charge < -0.3 is 19.7 Å². The molecule has 12 nitrogen and oxygen atoms in total. The lowest BCUT2D eigenvalue weighted by atomic mass is 10.0. The fourth-order valence-electron chi connectivity index (χ4n) is 5.66. The van der Waals surface area contributed by atoms with Gasteiger partial charge in [-0.1, -0.05) is 29.8 Å². The summed E-state index contributed by atoms with van der Waals surface area (Å²) in [5.41, 5.74) is 0.864. The van der Waals surface area contributed by atoms with Crippen molar-refractivity contribution in [3.05, 3.63) is 90.0 Å². The Kier molecular flexibility index (Phi) is 10.1.